The number of hydrogen-bond acceptors (Lipinski definition) is 5. The first-order valence-electron chi connectivity index (χ1n) is 6.56. The zero-order valence-electron chi connectivity index (χ0n) is 11.6. The summed E-state index contributed by atoms with van der Waals surface area (Å²) in [4.78, 5) is 17.7. The second-order valence-electron chi connectivity index (χ2n) is 4.58. The van der Waals surface area contributed by atoms with E-state index in [2.05, 4.69) is 15.2 Å². The molecule has 7 heteroatoms. The van der Waals surface area contributed by atoms with E-state index >= 15 is 0 Å². The first-order chi connectivity index (χ1) is 10.6. The van der Waals surface area contributed by atoms with Gasteiger partial charge < -0.3 is 0 Å². The lowest BCUT2D eigenvalue weighted by Gasteiger charge is -2.07. The molecule has 0 aliphatic carbocycles. The maximum absolute atomic E-state index is 12.9. The van der Waals surface area contributed by atoms with Crippen molar-refractivity contribution < 1.29 is 9.18 Å². The van der Waals surface area contributed by atoms with Crippen molar-refractivity contribution in [3.8, 4) is 10.7 Å². The number of nitrogens with one attached hydrogen (secondary N) is 1. The van der Waals surface area contributed by atoms with Crippen molar-refractivity contribution in [2.45, 2.75) is 17.3 Å². The van der Waals surface area contributed by atoms with Gasteiger partial charge in [0.2, 0.25) is 5.16 Å². The number of ketones is 1. The van der Waals surface area contributed by atoms with Crippen LogP contribution in [0.5, 0.6) is 0 Å². The summed E-state index contributed by atoms with van der Waals surface area (Å²) in [5.74, 6) is 0.262. The fourth-order valence-corrected chi connectivity index (χ4v) is 3.35. The van der Waals surface area contributed by atoms with E-state index < -0.39 is 0 Å². The van der Waals surface area contributed by atoms with E-state index in [1.807, 2.05) is 17.5 Å². The van der Waals surface area contributed by atoms with Crippen LogP contribution < -0.4 is 0 Å². The number of hydrogen-bond donors (Lipinski definition) is 1. The van der Waals surface area contributed by atoms with Crippen LogP contribution in [0.1, 0.15) is 17.3 Å². The molecule has 3 aromatic rings. The number of carbonyl (C=O) groups excluding carboxylic acids is 1. The molecule has 0 saturated heterocycles. The molecule has 112 valence electrons. The summed E-state index contributed by atoms with van der Waals surface area (Å²) in [5, 5.41) is 9.12. The summed E-state index contributed by atoms with van der Waals surface area (Å²) in [6.07, 6.45) is 0. The van der Waals surface area contributed by atoms with Gasteiger partial charge in [-0.2, -0.15) is 0 Å². The molecule has 3 rings (SSSR count). The Bertz CT molecular complexity index is 768. The van der Waals surface area contributed by atoms with Crippen LogP contribution in [0, 0.1) is 5.82 Å². The predicted octanol–water partition coefficient (Wildman–Crippen LogP) is 4.04. The van der Waals surface area contributed by atoms with Gasteiger partial charge in [0.15, 0.2) is 11.6 Å². The van der Waals surface area contributed by atoms with Crippen molar-refractivity contribution in [3.05, 3.63) is 53.2 Å². The van der Waals surface area contributed by atoms with Crippen molar-refractivity contribution in [1.29, 1.82) is 0 Å². The Morgan fingerprint density at radius 3 is 2.77 bits per heavy atom. The number of aromatic amines is 1. The summed E-state index contributed by atoms with van der Waals surface area (Å²) >= 11 is 2.84. The van der Waals surface area contributed by atoms with E-state index in [4.69, 9.17) is 0 Å². The number of aromatic nitrogens is 3. The number of carbonyl (C=O) groups is 1. The van der Waals surface area contributed by atoms with Crippen LogP contribution in [0.2, 0.25) is 0 Å². The van der Waals surface area contributed by atoms with E-state index in [-0.39, 0.29) is 16.9 Å². The maximum Gasteiger partial charge on any atom is 0.209 e. The molecule has 0 unspecified atom stereocenters. The van der Waals surface area contributed by atoms with Crippen LogP contribution in [0.4, 0.5) is 4.39 Å². The van der Waals surface area contributed by atoms with Crippen LogP contribution in [0.15, 0.2) is 46.9 Å². The Kier molecular flexibility index (Phi) is 4.35. The minimum Gasteiger partial charge on any atom is -0.293 e. The molecule has 0 fully saturated rings. The summed E-state index contributed by atoms with van der Waals surface area (Å²) in [7, 11) is 0. The van der Waals surface area contributed by atoms with Crippen LogP contribution in [-0.4, -0.2) is 26.2 Å². The van der Waals surface area contributed by atoms with Crippen molar-refractivity contribution in [3.63, 3.8) is 0 Å². The van der Waals surface area contributed by atoms with Gasteiger partial charge in [0, 0.05) is 5.56 Å². The molecule has 0 saturated carbocycles. The number of rotatable bonds is 5. The second kappa shape index (κ2) is 6.41. The molecule has 0 bridgehead atoms. The highest BCUT2D eigenvalue weighted by atomic mass is 32.2. The van der Waals surface area contributed by atoms with E-state index in [1.165, 1.54) is 36.0 Å². The molecule has 1 N–H and O–H groups in total. The third-order valence-electron chi connectivity index (χ3n) is 3.00. The fourth-order valence-electron chi connectivity index (χ4n) is 1.88. The minimum absolute atomic E-state index is 0.0764. The summed E-state index contributed by atoms with van der Waals surface area (Å²) in [5.41, 5.74) is 0.482. The van der Waals surface area contributed by atoms with Gasteiger partial charge in [-0.05, 0) is 42.6 Å². The first kappa shape index (κ1) is 14.9. The van der Waals surface area contributed by atoms with Gasteiger partial charge in [-0.25, -0.2) is 9.37 Å². The number of thiophene rings is 1. The standard InChI is InChI=1S/C15H12FN3OS2/c1-9(13(20)10-4-6-11(16)7-5-10)22-15-17-14(18-19-15)12-3-2-8-21-12/h2-9H,1H3,(H,17,18,19)/t9-/m0/s1. The molecule has 0 aliphatic heterocycles. The molecule has 2 aromatic heterocycles. The zero-order valence-corrected chi connectivity index (χ0v) is 13.2. The molecular weight excluding hydrogens is 321 g/mol. The number of Topliss-reactive ketones (excluding diaryl/α,β-unsaturated/α-hetero) is 1. The van der Waals surface area contributed by atoms with Gasteiger partial charge in [-0.3, -0.25) is 9.89 Å². The van der Waals surface area contributed by atoms with Gasteiger partial charge >= 0.3 is 0 Å². The van der Waals surface area contributed by atoms with E-state index in [0.717, 1.165) is 4.88 Å². The summed E-state index contributed by atoms with van der Waals surface area (Å²) in [6.45, 7) is 1.79. The number of benzene rings is 1. The molecule has 2 heterocycles. The maximum atomic E-state index is 12.9. The molecule has 0 amide bonds. The average Bonchev–Trinajstić information content (AvgIpc) is 3.18. The third-order valence-corrected chi connectivity index (χ3v) is 4.84. The van der Waals surface area contributed by atoms with Gasteiger partial charge in [0.25, 0.3) is 0 Å². The predicted molar refractivity (Wildman–Crippen MR) is 85.7 cm³/mol. The zero-order chi connectivity index (χ0) is 15.5. The second-order valence-corrected chi connectivity index (χ2v) is 6.83. The largest absolute Gasteiger partial charge is 0.293 e. The van der Waals surface area contributed by atoms with Gasteiger partial charge in [0.05, 0.1) is 10.1 Å². The highest BCUT2D eigenvalue weighted by molar-refractivity contribution is 8.00. The van der Waals surface area contributed by atoms with Crippen molar-refractivity contribution in [2.75, 3.05) is 0 Å². The number of nitrogens with zero attached hydrogens (tertiary/aromatic N) is 2. The number of halogens is 1. The van der Waals surface area contributed by atoms with Crippen molar-refractivity contribution in [1.82, 2.24) is 15.2 Å². The van der Waals surface area contributed by atoms with Crippen LogP contribution in [-0.2, 0) is 0 Å². The Balaban J connectivity index is 1.70. The highest BCUT2D eigenvalue weighted by Gasteiger charge is 2.19. The number of thioether (sulfide) groups is 1. The van der Waals surface area contributed by atoms with E-state index in [0.29, 0.717) is 16.5 Å². The van der Waals surface area contributed by atoms with E-state index in [1.54, 1.807) is 18.3 Å². The van der Waals surface area contributed by atoms with Gasteiger partial charge in [0.1, 0.15) is 5.82 Å². The Morgan fingerprint density at radius 2 is 2.09 bits per heavy atom. The lowest BCUT2D eigenvalue weighted by atomic mass is 10.1. The molecule has 1 atom stereocenters. The monoisotopic (exact) mass is 333 g/mol. The normalized spacial score (nSPS) is 12.3. The Labute approximate surface area is 134 Å². The average molecular weight is 333 g/mol. The van der Waals surface area contributed by atoms with Crippen LogP contribution in [0.25, 0.3) is 10.7 Å². The molecule has 22 heavy (non-hydrogen) atoms. The molecule has 0 spiro atoms. The van der Waals surface area contributed by atoms with E-state index in [9.17, 15) is 9.18 Å². The van der Waals surface area contributed by atoms with Gasteiger partial charge in [-0.15, -0.1) is 16.4 Å². The third kappa shape index (κ3) is 3.26. The molecule has 0 radical (unpaired) electrons. The molecule has 1 aromatic carbocycles. The van der Waals surface area contributed by atoms with Gasteiger partial charge in [-0.1, -0.05) is 17.8 Å². The topological polar surface area (TPSA) is 58.6 Å². The first-order valence-corrected chi connectivity index (χ1v) is 8.32. The SMILES string of the molecule is C[C@H](Sc1n[nH]c(-c2cccs2)n1)C(=O)c1ccc(F)cc1. The minimum atomic E-state index is -0.355. The summed E-state index contributed by atoms with van der Waals surface area (Å²) < 4.78 is 12.9. The molecule has 4 nitrogen and oxygen atoms in total. The molecule has 0 aliphatic rings. The summed E-state index contributed by atoms with van der Waals surface area (Å²) in [6, 6.07) is 9.44. The van der Waals surface area contributed by atoms with Crippen molar-refractivity contribution in [2.24, 2.45) is 0 Å². The van der Waals surface area contributed by atoms with Crippen LogP contribution in [0.3, 0.4) is 0 Å². The lowest BCUT2D eigenvalue weighted by Crippen LogP contribution is -2.13. The molecular formula is C15H12FN3OS2. The van der Waals surface area contributed by atoms with Crippen LogP contribution >= 0.6 is 23.1 Å². The fraction of sp³-hybridized carbons (Fsp3) is 0.133. The quantitative estimate of drug-likeness (QED) is 0.565. The smallest absolute Gasteiger partial charge is 0.209 e. The number of H-pyrrole nitrogens is 1. The Morgan fingerprint density at radius 1 is 1.32 bits per heavy atom. The Hall–Kier alpha value is -1.99. The van der Waals surface area contributed by atoms with Crippen molar-refractivity contribution >= 4 is 28.9 Å². The highest BCUT2D eigenvalue weighted by Crippen LogP contribution is 2.26. The lowest BCUT2D eigenvalue weighted by molar-refractivity contribution is 0.0994.